The van der Waals surface area contributed by atoms with Crippen LogP contribution in [-0.4, -0.2) is 36.9 Å². The largest absolute Gasteiger partial charge is 0.465 e. The Morgan fingerprint density at radius 2 is 1.38 bits per heavy atom. The molecule has 0 aromatic rings. The van der Waals surface area contributed by atoms with Crippen LogP contribution in [0.3, 0.4) is 0 Å². The number of carbonyl (C=O) groups is 2. The summed E-state index contributed by atoms with van der Waals surface area (Å²) in [5.74, 6) is 0.168. The highest BCUT2D eigenvalue weighted by atomic mass is 35.5. The normalized spacial score (nSPS) is 15.4. The van der Waals surface area contributed by atoms with Crippen LogP contribution in [-0.2, 0) is 19.1 Å². The number of carbonyl (C=O) groups excluding carboxylic acids is 2. The topological polar surface area (TPSA) is 52.6 Å². The lowest BCUT2D eigenvalue weighted by Crippen LogP contribution is -2.40. The van der Waals surface area contributed by atoms with Gasteiger partial charge >= 0.3 is 11.9 Å². The second-order valence-corrected chi connectivity index (χ2v) is 4.80. The van der Waals surface area contributed by atoms with Crippen molar-refractivity contribution >= 4 is 35.1 Å². The summed E-state index contributed by atoms with van der Waals surface area (Å²) in [6.45, 7) is 4.00. The number of ether oxygens (including phenoxy) is 2. The summed E-state index contributed by atoms with van der Waals surface area (Å²) in [7, 11) is 0. The predicted octanol–water partition coefficient (Wildman–Crippen LogP) is 3.47. The second kappa shape index (κ2) is 11.6. The van der Waals surface area contributed by atoms with Crippen LogP contribution in [0.2, 0.25) is 0 Å². The van der Waals surface area contributed by atoms with Gasteiger partial charge in [-0.2, -0.15) is 0 Å². The summed E-state index contributed by atoms with van der Waals surface area (Å²) in [6, 6.07) is 0. The van der Waals surface area contributed by atoms with Gasteiger partial charge in [0.1, 0.15) is 0 Å². The van der Waals surface area contributed by atoms with E-state index in [9.17, 15) is 9.59 Å². The van der Waals surface area contributed by atoms with E-state index in [4.69, 9.17) is 32.7 Å². The van der Waals surface area contributed by atoms with Crippen molar-refractivity contribution < 1.29 is 19.1 Å². The summed E-state index contributed by atoms with van der Waals surface area (Å²) in [6.07, 6.45) is 8.01. The highest BCUT2D eigenvalue weighted by Crippen LogP contribution is 2.36. The summed E-state index contributed by atoms with van der Waals surface area (Å²) < 4.78 is 9.83. The summed E-state index contributed by atoms with van der Waals surface area (Å²) >= 11 is 10.5. The Morgan fingerprint density at radius 1 is 1.00 bits per heavy atom. The highest BCUT2D eigenvalue weighted by molar-refractivity contribution is 6.20. The smallest absolute Gasteiger partial charge is 0.324 e. The van der Waals surface area contributed by atoms with Crippen LogP contribution in [0, 0.1) is 5.41 Å². The fourth-order valence-corrected chi connectivity index (χ4v) is 1.99. The molecule has 1 rings (SSSR count). The number of halogens is 2. The zero-order valence-corrected chi connectivity index (χ0v) is 14.0. The second-order valence-electron chi connectivity index (χ2n) is 4.18. The molecule has 6 heteroatoms. The van der Waals surface area contributed by atoms with Crippen molar-refractivity contribution in [3.05, 3.63) is 24.3 Å². The van der Waals surface area contributed by atoms with Gasteiger partial charge in [-0.05, 0) is 26.7 Å². The van der Waals surface area contributed by atoms with E-state index in [0.29, 0.717) is 24.6 Å². The van der Waals surface area contributed by atoms with Gasteiger partial charge in [0.05, 0.1) is 13.2 Å². The zero-order chi connectivity index (χ0) is 16.1. The van der Waals surface area contributed by atoms with Gasteiger partial charge in [-0.25, -0.2) is 0 Å². The first-order chi connectivity index (χ1) is 10.1. The molecule has 0 aliphatic heterocycles. The van der Waals surface area contributed by atoms with Crippen molar-refractivity contribution in [3.8, 4) is 0 Å². The molecule has 0 radical (unpaired) electrons. The number of allylic oxidation sites excluding steroid dienone is 4. The molecule has 0 bridgehead atoms. The molecule has 0 saturated carbocycles. The molecule has 21 heavy (non-hydrogen) atoms. The fraction of sp³-hybridized carbons (Fsp3) is 0.600. The molecule has 0 amide bonds. The summed E-state index contributed by atoms with van der Waals surface area (Å²) in [5.41, 5.74) is -1.12. The number of esters is 2. The Labute approximate surface area is 136 Å². The Balaban J connectivity index is 0.000000567. The van der Waals surface area contributed by atoms with Crippen LogP contribution in [0.1, 0.15) is 26.7 Å². The zero-order valence-electron chi connectivity index (χ0n) is 12.4. The number of rotatable bonds is 6. The molecule has 0 unspecified atom stereocenters. The Hall–Kier alpha value is -1.000. The fourth-order valence-electron chi connectivity index (χ4n) is 1.73. The molecule has 0 spiro atoms. The Kier molecular flexibility index (Phi) is 11.1. The van der Waals surface area contributed by atoms with Gasteiger partial charge in [-0.3, -0.25) is 9.59 Å². The van der Waals surface area contributed by atoms with Crippen molar-refractivity contribution in [2.45, 2.75) is 26.7 Å². The lowest BCUT2D eigenvalue weighted by molar-refractivity contribution is -0.171. The molecule has 0 aromatic carbocycles. The van der Waals surface area contributed by atoms with E-state index in [1.165, 1.54) is 0 Å². The molecular formula is C15H22Cl2O4. The Bertz CT molecular complexity index is 344. The van der Waals surface area contributed by atoms with Crippen molar-refractivity contribution in [2.75, 3.05) is 25.0 Å². The molecule has 120 valence electrons. The van der Waals surface area contributed by atoms with Gasteiger partial charge in [0, 0.05) is 11.8 Å². The molecule has 1 aliphatic rings. The third-order valence-corrected chi connectivity index (χ3v) is 3.13. The van der Waals surface area contributed by atoms with Gasteiger partial charge < -0.3 is 9.47 Å². The van der Waals surface area contributed by atoms with E-state index < -0.39 is 17.4 Å². The maximum Gasteiger partial charge on any atom is 0.324 e. The average molecular weight is 337 g/mol. The van der Waals surface area contributed by atoms with Gasteiger partial charge in [0.2, 0.25) is 0 Å². The molecule has 0 heterocycles. The van der Waals surface area contributed by atoms with Gasteiger partial charge in [0.25, 0.3) is 0 Å². The predicted molar refractivity (Wildman–Crippen MR) is 84.7 cm³/mol. The molecule has 4 nitrogen and oxygen atoms in total. The minimum Gasteiger partial charge on any atom is -0.465 e. The van der Waals surface area contributed by atoms with E-state index in [1.54, 1.807) is 13.8 Å². The van der Waals surface area contributed by atoms with Crippen LogP contribution in [0.4, 0.5) is 0 Å². The quantitative estimate of drug-likeness (QED) is 0.322. The number of hydrogen-bond acceptors (Lipinski definition) is 4. The van der Waals surface area contributed by atoms with E-state index >= 15 is 0 Å². The van der Waals surface area contributed by atoms with Crippen LogP contribution < -0.4 is 0 Å². The van der Waals surface area contributed by atoms with Crippen molar-refractivity contribution in [3.63, 3.8) is 0 Å². The molecule has 0 aromatic heterocycles. The van der Waals surface area contributed by atoms with E-state index in [0.717, 1.165) is 0 Å². The maximum absolute atomic E-state index is 11.7. The lowest BCUT2D eigenvalue weighted by Gasteiger charge is -2.23. The average Bonchev–Trinajstić information content (AvgIpc) is 2.97. The number of hydrogen-bond donors (Lipinski definition) is 0. The van der Waals surface area contributed by atoms with Crippen molar-refractivity contribution in [1.82, 2.24) is 0 Å². The van der Waals surface area contributed by atoms with Gasteiger partial charge in [-0.15, -0.1) is 23.2 Å². The maximum atomic E-state index is 11.7. The molecule has 1 aliphatic carbocycles. The third-order valence-electron chi connectivity index (χ3n) is 2.78. The molecule has 0 saturated heterocycles. The molecule has 0 fully saturated rings. The standard InChI is InChI=1S/C11H16O4.C4H6Cl2/c1-3-14-9(12)11(7-5-6-8-11)10(13)15-4-2;5-3-1-2-4-6/h5-6H,3-4,7-8H2,1-2H3;1-2H,3-4H2/b;2-1-. The van der Waals surface area contributed by atoms with Crippen LogP contribution in [0.25, 0.3) is 0 Å². The summed E-state index contributed by atoms with van der Waals surface area (Å²) in [5, 5.41) is 0. The minimum atomic E-state index is -1.12. The number of alkyl halides is 2. The monoisotopic (exact) mass is 336 g/mol. The molecule has 0 N–H and O–H groups in total. The van der Waals surface area contributed by atoms with E-state index in [1.807, 2.05) is 24.3 Å². The first kappa shape index (κ1) is 20.0. The third kappa shape index (κ3) is 6.53. The van der Waals surface area contributed by atoms with Crippen LogP contribution in [0.5, 0.6) is 0 Å². The van der Waals surface area contributed by atoms with Crippen LogP contribution in [0.15, 0.2) is 24.3 Å². The lowest BCUT2D eigenvalue weighted by atomic mass is 9.85. The van der Waals surface area contributed by atoms with Crippen LogP contribution >= 0.6 is 23.2 Å². The van der Waals surface area contributed by atoms with Crippen molar-refractivity contribution in [1.29, 1.82) is 0 Å². The van der Waals surface area contributed by atoms with E-state index in [-0.39, 0.29) is 13.2 Å². The molecule has 0 atom stereocenters. The first-order valence-corrected chi connectivity index (χ1v) is 7.92. The van der Waals surface area contributed by atoms with E-state index in [2.05, 4.69) is 0 Å². The van der Waals surface area contributed by atoms with Crippen molar-refractivity contribution in [2.24, 2.45) is 5.41 Å². The molecular weight excluding hydrogens is 315 g/mol. The Morgan fingerprint density at radius 3 is 1.67 bits per heavy atom. The van der Waals surface area contributed by atoms with Gasteiger partial charge in [-0.1, -0.05) is 24.3 Å². The van der Waals surface area contributed by atoms with Gasteiger partial charge in [0.15, 0.2) is 5.41 Å². The summed E-state index contributed by atoms with van der Waals surface area (Å²) in [4.78, 5) is 23.4. The minimum absolute atomic E-state index is 0.278. The SMILES string of the molecule is CCOC(=O)C1(C(=O)OCC)CC=CC1.ClC/C=C\CCl. The first-order valence-electron chi connectivity index (χ1n) is 6.85. The highest BCUT2D eigenvalue weighted by Gasteiger charge is 2.48.